The zero-order valence-electron chi connectivity index (χ0n) is 16.6. The van der Waals surface area contributed by atoms with E-state index in [2.05, 4.69) is 10.6 Å². The van der Waals surface area contributed by atoms with Crippen LogP contribution in [0.2, 0.25) is 0 Å². The molecule has 0 spiro atoms. The predicted octanol–water partition coefficient (Wildman–Crippen LogP) is 2.88. The highest BCUT2D eigenvalue weighted by molar-refractivity contribution is 7.99. The van der Waals surface area contributed by atoms with Crippen molar-refractivity contribution in [2.45, 2.75) is 31.2 Å². The Kier molecular flexibility index (Phi) is 9.30. The fourth-order valence-corrected chi connectivity index (χ4v) is 3.28. The van der Waals surface area contributed by atoms with Gasteiger partial charge in [0.2, 0.25) is 0 Å². The van der Waals surface area contributed by atoms with E-state index in [-0.39, 0.29) is 24.2 Å². The molecule has 2 aromatic rings. The van der Waals surface area contributed by atoms with Crippen molar-refractivity contribution in [3.05, 3.63) is 54.5 Å². The molecule has 1 aromatic heterocycles. The Morgan fingerprint density at radius 2 is 1.86 bits per heavy atom. The molecule has 0 saturated carbocycles. The van der Waals surface area contributed by atoms with Crippen molar-refractivity contribution >= 4 is 29.5 Å². The molecule has 8 heteroatoms. The summed E-state index contributed by atoms with van der Waals surface area (Å²) in [6.45, 7) is 3.67. The van der Waals surface area contributed by atoms with Gasteiger partial charge in [-0.3, -0.25) is 9.59 Å². The summed E-state index contributed by atoms with van der Waals surface area (Å²) in [5, 5.41) is 5.30. The first-order valence-electron chi connectivity index (χ1n) is 9.43. The second-order valence-corrected chi connectivity index (χ2v) is 7.81. The van der Waals surface area contributed by atoms with Crippen LogP contribution >= 0.6 is 11.8 Å². The highest BCUT2D eigenvalue weighted by Gasteiger charge is 2.27. The van der Waals surface area contributed by atoms with Crippen LogP contribution in [0.4, 0.5) is 0 Å². The molecule has 2 amide bonds. The number of ether oxygens (including phenoxy) is 1. The number of amides is 2. The van der Waals surface area contributed by atoms with Crippen LogP contribution in [0.5, 0.6) is 0 Å². The van der Waals surface area contributed by atoms with Gasteiger partial charge in [-0.25, -0.2) is 4.79 Å². The van der Waals surface area contributed by atoms with Crippen LogP contribution in [-0.2, 0) is 14.3 Å². The van der Waals surface area contributed by atoms with Crippen LogP contribution in [0.15, 0.2) is 58.0 Å². The molecule has 0 aliphatic carbocycles. The van der Waals surface area contributed by atoms with Gasteiger partial charge in [-0.05, 0) is 42.4 Å². The van der Waals surface area contributed by atoms with Crippen LogP contribution < -0.4 is 10.6 Å². The number of esters is 1. The lowest BCUT2D eigenvalue weighted by Gasteiger charge is -2.20. The lowest BCUT2D eigenvalue weighted by atomic mass is 10.0. The van der Waals surface area contributed by atoms with E-state index in [0.29, 0.717) is 6.54 Å². The molecule has 1 atom stereocenters. The van der Waals surface area contributed by atoms with Gasteiger partial charge in [-0.2, -0.15) is 0 Å². The number of hydrogen-bond acceptors (Lipinski definition) is 6. The summed E-state index contributed by atoms with van der Waals surface area (Å²) in [6.07, 6.45) is 2.17. The predicted molar refractivity (Wildman–Crippen MR) is 111 cm³/mol. The largest absolute Gasteiger partial charge is 0.459 e. The summed E-state index contributed by atoms with van der Waals surface area (Å²) in [7, 11) is 0. The van der Waals surface area contributed by atoms with Gasteiger partial charge in [0.15, 0.2) is 12.4 Å². The second-order valence-electron chi connectivity index (χ2n) is 6.65. The number of furan rings is 1. The minimum absolute atomic E-state index is 0.106. The lowest BCUT2D eigenvalue weighted by Crippen LogP contribution is -2.46. The van der Waals surface area contributed by atoms with Crippen molar-refractivity contribution in [1.29, 1.82) is 0 Å². The van der Waals surface area contributed by atoms with Crippen LogP contribution in [-0.4, -0.2) is 42.7 Å². The molecule has 0 unspecified atom stereocenters. The number of carbonyl (C=O) groups is 3. The standard InChI is InChI=1S/C21H26N2O5S/c1-15(2)19(23-20(25)17-10-6-12-27-17)21(26)28-14-18(24)22-11-7-13-29-16-8-4-3-5-9-16/h3-6,8-10,12,15,19H,7,11,13-14H2,1-2H3,(H,22,24)(H,23,25)/t19-/m0/s1. The zero-order valence-corrected chi connectivity index (χ0v) is 17.4. The molecule has 0 bridgehead atoms. The van der Waals surface area contributed by atoms with Gasteiger partial charge in [0, 0.05) is 11.4 Å². The van der Waals surface area contributed by atoms with Crippen molar-refractivity contribution in [3.63, 3.8) is 0 Å². The van der Waals surface area contributed by atoms with Crippen LogP contribution in [0.1, 0.15) is 30.8 Å². The monoisotopic (exact) mass is 418 g/mol. The van der Waals surface area contributed by atoms with Crippen LogP contribution in [0.3, 0.4) is 0 Å². The zero-order chi connectivity index (χ0) is 21.1. The summed E-state index contributed by atoms with van der Waals surface area (Å²) in [5.41, 5.74) is 0. The second kappa shape index (κ2) is 12.0. The fourth-order valence-electron chi connectivity index (χ4n) is 2.40. The maximum absolute atomic E-state index is 12.3. The molecule has 1 heterocycles. The van der Waals surface area contributed by atoms with Crippen molar-refractivity contribution in [2.24, 2.45) is 5.92 Å². The molecular formula is C21H26N2O5S. The Morgan fingerprint density at radius 1 is 1.10 bits per heavy atom. The van der Waals surface area contributed by atoms with E-state index in [1.807, 2.05) is 30.3 Å². The average Bonchev–Trinajstić information content (AvgIpc) is 3.25. The van der Waals surface area contributed by atoms with Gasteiger partial charge in [-0.15, -0.1) is 11.8 Å². The molecule has 0 saturated heterocycles. The van der Waals surface area contributed by atoms with Gasteiger partial charge in [0.25, 0.3) is 11.8 Å². The van der Waals surface area contributed by atoms with Crippen molar-refractivity contribution in [2.75, 3.05) is 18.9 Å². The summed E-state index contributed by atoms with van der Waals surface area (Å²) < 4.78 is 10.1. The maximum atomic E-state index is 12.3. The van der Waals surface area contributed by atoms with E-state index in [0.717, 1.165) is 12.2 Å². The summed E-state index contributed by atoms with van der Waals surface area (Å²) in [5.74, 6) is -0.768. The molecule has 29 heavy (non-hydrogen) atoms. The topological polar surface area (TPSA) is 97.6 Å². The fraction of sp³-hybridized carbons (Fsp3) is 0.381. The third kappa shape index (κ3) is 8.03. The molecule has 0 fully saturated rings. The van der Waals surface area contributed by atoms with Gasteiger partial charge in [0.1, 0.15) is 6.04 Å². The lowest BCUT2D eigenvalue weighted by molar-refractivity contribution is -0.151. The van der Waals surface area contributed by atoms with E-state index in [1.165, 1.54) is 17.2 Å². The molecule has 1 aromatic carbocycles. The highest BCUT2D eigenvalue weighted by atomic mass is 32.2. The molecule has 7 nitrogen and oxygen atoms in total. The van der Waals surface area contributed by atoms with Gasteiger partial charge < -0.3 is 19.8 Å². The highest BCUT2D eigenvalue weighted by Crippen LogP contribution is 2.17. The number of carbonyl (C=O) groups excluding carboxylic acids is 3. The molecular weight excluding hydrogens is 392 g/mol. The molecule has 156 valence electrons. The molecule has 0 aliphatic rings. The maximum Gasteiger partial charge on any atom is 0.329 e. The summed E-state index contributed by atoms with van der Waals surface area (Å²) >= 11 is 1.72. The summed E-state index contributed by atoms with van der Waals surface area (Å²) in [4.78, 5) is 37.4. The Morgan fingerprint density at radius 3 is 2.52 bits per heavy atom. The SMILES string of the molecule is CC(C)[C@H](NC(=O)c1ccco1)C(=O)OCC(=O)NCCCSc1ccccc1. The third-order valence-corrected chi connectivity index (χ3v) is 5.05. The van der Waals surface area contributed by atoms with E-state index in [4.69, 9.17) is 9.15 Å². The molecule has 0 radical (unpaired) electrons. The normalized spacial score (nSPS) is 11.7. The third-order valence-electron chi connectivity index (χ3n) is 3.95. The number of thioether (sulfide) groups is 1. The first kappa shape index (κ1) is 22.5. The van der Waals surface area contributed by atoms with Crippen molar-refractivity contribution < 1.29 is 23.5 Å². The van der Waals surface area contributed by atoms with Gasteiger partial charge >= 0.3 is 5.97 Å². The van der Waals surface area contributed by atoms with Crippen LogP contribution in [0, 0.1) is 5.92 Å². The van der Waals surface area contributed by atoms with Crippen molar-refractivity contribution in [1.82, 2.24) is 10.6 Å². The van der Waals surface area contributed by atoms with Crippen LogP contribution in [0.25, 0.3) is 0 Å². The Labute approximate surface area is 174 Å². The molecule has 2 N–H and O–H groups in total. The van der Waals surface area contributed by atoms with Crippen molar-refractivity contribution in [3.8, 4) is 0 Å². The van der Waals surface area contributed by atoms with Gasteiger partial charge in [-0.1, -0.05) is 32.0 Å². The molecule has 0 aliphatic heterocycles. The minimum atomic E-state index is -0.873. The summed E-state index contributed by atoms with van der Waals surface area (Å²) in [6, 6.07) is 12.2. The van der Waals surface area contributed by atoms with E-state index in [9.17, 15) is 14.4 Å². The number of rotatable bonds is 11. The first-order chi connectivity index (χ1) is 14.0. The number of benzene rings is 1. The minimum Gasteiger partial charge on any atom is -0.459 e. The Balaban J connectivity index is 1.66. The van der Waals surface area contributed by atoms with Gasteiger partial charge in [0.05, 0.1) is 6.26 Å². The van der Waals surface area contributed by atoms with E-state index < -0.39 is 17.9 Å². The Bertz CT molecular complexity index is 778. The first-order valence-corrected chi connectivity index (χ1v) is 10.4. The number of nitrogens with one attached hydrogen (secondary N) is 2. The smallest absolute Gasteiger partial charge is 0.329 e. The Hall–Kier alpha value is -2.74. The number of hydrogen-bond donors (Lipinski definition) is 2. The van der Waals surface area contributed by atoms with E-state index in [1.54, 1.807) is 31.7 Å². The quantitative estimate of drug-likeness (QED) is 0.331. The van der Waals surface area contributed by atoms with E-state index >= 15 is 0 Å². The molecule has 2 rings (SSSR count). The average molecular weight is 419 g/mol.